The topological polar surface area (TPSA) is 114 Å². The van der Waals surface area contributed by atoms with Crippen LogP contribution in [0.2, 0.25) is 0 Å². The highest BCUT2D eigenvalue weighted by atomic mass is 79.9. The zero-order valence-electron chi connectivity index (χ0n) is 16.0. The highest BCUT2D eigenvalue weighted by molar-refractivity contribution is 9.10. The van der Waals surface area contributed by atoms with Crippen LogP contribution in [0.4, 0.5) is 0 Å². The highest BCUT2D eigenvalue weighted by Crippen LogP contribution is 2.50. The van der Waals surface area contributed by atoms with Gasteiger partial charge in [0.05, 0.1) is 12.0 Å². The van der Waals surface area contributed by atoms with E-state index in [1.54, 1.807) is 35.8 Å². The van der Waals surface area contributed by atoms with Crippen LogP contribution in [0.15, 0.2) is 40.3 Å². The normalized spacial score (nSPS) is 24.1. The van der Waals surface area contributed by atoms with Crippen LogP contribution < -0.4 is 5.73 Å². The molecule has 1 saturated heterocycles. The Hall–Kier alpha value is -2.26. The smallest absolute Gasteiger partial charge is 0.329 e. The van der Waals surface area contributed by atoms with Crippen molar-refractivity contribution >= 4 is 45.1 Å². The number of rotatable bonds is 6. The van der Waals surface area contributed by atoms with Crippen molar-refractivity contribution in [2.45, 2.75) is 38.3 Å². The third-order valence-corrected chi connectivity index (χ3v) is 6.52. The number of aliphatic carboxylic acids is 1. The molecule has 3 atom stereocenters. The van der Waals surface area contributed by atoms with E-state index in [0.717, 1.165) is 0 Å². The number of nitrogens with two attached hydrogens (primary N) is 1. The first kappa shape index (κ1) is 21.4. The van der Waals surface area contributed by atoms with Gasteiger partial charge in [-0.25, -0.2) is 9.78 Å². The highest BCUT2D eigenvalue weighted by Gasteiger charge is 2.61. The molecule has 2 aromatic rings. The number of carboxylic acid groups (broad SMARTS) is 1. The predicted molar refractivity (Wildman–Crippen MR) is 112 cm³/mol. The van der Waals surface area contributed by atoms with Crippen LogP contribution in [-0.2, 0) is 9.59 Å². The minimum Gasteiger partial charge on any atom is -0.479 e. The first-order valence-electron chi connectivity index (χ1n) is 9.18. The van der Waals surface area contributed by atoms with Crippen molar-refractivity contribution in [3.63, 3.8) is 0 Å². The molecule has 2 heterocycles. The molecule has 3 N–H and O–H groups in total. The number of carbonyl (C=O) groups is 3. The van der Waals surface area contributed by atoms with Crippen molar-refractivity contribution in [1.82, 2.24) is 9.88 Å². The van der Waals surface area contributed by atoms with Gasteiger partial charge in [0.25, 0.3) is 5.91 Å². The Balaban J connectivity index is 2.22. The van der Waals surface area contributed by atoms with Crippen LogP contribution in [0.25, 0.3) is 0 Å². The van der Waals surface area contributed by atoms with Crippen molar-refractivity contribution in [3.05, 3.63) is 50.9 Å². The Morgan fingerprint density at radius 2 is 2.14 bits per heavy atom. The van der Waals surface area contributed by atoms with E-state index in [0.29, 0.717) is 15.0 Å². The summed E-state index contributed by atoms with van der Waals surface area (Å²) < 4.78 is 0.699. The molecule has 3 rings (SSSR count). The molecule has 1 aromatic heterocycles. The molecule has 9 heteroatoms. The van der Waals surface area contributed by atoms with Crippen molar-refractivity contribution in [3.8, 4) is 0 Å². The largest absolute Gasteiger partial charge is 0.479 e. The number of hydrogen-bond acceptors (Lipinski definition) is 5. The van der Waals surface area contributed by atoms with Crippen LogP contribution in [0.1, 0.15) is 48.1 Å². The Morgan fingerprint density at radius 1 is 1.41 bits per heavy atom. The molecule has 0 aliphatic carbocycles. The average molecular weight is 480 g/mol. The summed E-state index contributed by atoms with van der Waals surface area (Å²) >= 11 is 4.63. The number of nitrogens with zero attached hydrogens (tertiary/aromatic N) is 2. The van der Waals surface area contributed by atoms with Crippen LogP contribution >= 0.6 is 27.3 Å². The fourth-order valence-corrected chi connectivity index (χ4v) is 5.35. The Labute approximate surface area is 181 Å². The van der Waals surface area contributed by atoms with Gasteiger partial charge in [-0.2, -0.15) is 0 Å². The summed E-state index contributed by atoms with van der Waals surface area (Å²) in [4.78, 5) is 44.2. The lowest BCUT2D eigenvalue weighted by atomic mass is 9.83. The van der Waals surface area contributed by atoms with Gasteiger partial charge in [0.1, 0.15) is 10.5 Å². The molecular formula is C20H22BrN3O4S. The second kappa shape index (κ2) is 8.23. The number of primary amides is 1. The van der Waals surface area contributed by atoms with Crippen molar-refractivity contribution in [2.75, 3.05) is 0 Å². The maximum Gasteiger partial charge on any atom is 0.329 e. The molecule has 154 valence electrons. The fraction of sp³-hybridized carbons (Fsp3) is 0.400. The Bertz CT molecular complexity index is 934. The lowest BCUT2D eigenvalue weighted by Crippen LogP contribution is -2.54. The number of carbonyl (C=O) groups excluding carboxylic acids is 2. The standard InChI is InChI=1S/C20H22BrN3O4S/c1-11(2)9-20(19(27)28)10-14(16(22)25)15(17-23-6-7-29-17)24(20)18(26)12-4-3-5-13(21)8-12/h3-8,11,14-15H,9-10H2,1-2H3,(H2,22,25)(H,27,28). The van der Waals surface area contributed by atoms with E-state index in [1.165, 1.54) is 16.2 Å². The van der Waals surface area contributed by atoms with Gasteiger partial charge in [-0.3, -0.25) is 9.59 Å². The molecule has 0 spiro atoms. The van der Waals surface area contributed by atoms with E-state index in [2.05, 4.69) is 20.9 Å². The minimum atomic E-state index is -1.55. The number of amides is 2. The molecular weight excluding hydrogens is 458 g/mol. The van der Waals surface area contributed by atoms with E-state index >= 15 is 0 Å². The molecule has 7 nitrogen and oxygen atoms in total. The molecule has 1 fully saturated rings. The lowest BCUT2D eigenvalue weighted by Gasteiger charge is -2.38. The lowest BCUT2D eigenvalue weighted by molar-refractivity contribution is -0.150. The summed E-state index contributed by atoms with van der Waals surface area (Å²) in [5.74, 6) is -3.10. The molecule has 3 unspecified atom stereocenters. The zero-order valence-corrected chi connectivity index (χ0v) is 18.4. The third-order valence-electron chi connectivity index (χ3n) is 5.18. The molecule has 29 heavy (non-hydrogen) atoms. The van der Waals surface area contributed by atoms with Gasteiger partial charge in [0.15, 0.2) is 0 Å². The molecule has 1 aromatic carbocycles. The number of carboxylic acids is 1. The Kier molecular flexibility index (Phi) is 6.09. The summed E-state index contributed by atoms with van der Waals surface area (Å²) in [5.41, 5.74) is 4.45. The summed E-state index contributed by atoms with van der Waals surface area (Å²) in [6.07, 6.45) is 1.73. The van der Waals surface area contributed by atoms with Gasteiger partial charge in [-0.05, 0) is 37.0 Å². The molecule has 0 saturated carbocycles. The van der Waals surface area contributed by atoms with Crippen LogP contribution in [-0.4, -0.2) is 38.3 Å². The quantitative estimate of drug-likeness (QED) is 0.658. The zero-order chi connectivity index (χ0) is 21.3. The minimum absolute atomic E-state index is 0.0209. The van der Waals surface area contributed by atoms with Crippen LogP contribution in [0.3, 0.4) is 0 Å². The fourth-order valence-electron chi connectivity index (χ4n) is 4.16. The van der Waals surface area contributed by atoms with E-state index in [4.69, 9.17) is 5.73 Å². The number of aromatic nitrogens is 1. The summed E-state index contributed by atoms with van der Waals surface area (Å²) in [6.45, 7) is 3.78. The number of thiazole rings is 1. The maximum absolute atomic E-state index is 13.6. The van der Waals surface area contributed by atoms with E-state index < -0.39 is 35.3 Å². The number of hydrogen-bond donors (Lipinski definition) is 2. The van der Waals surface area contributed by atoms with Gasteiger partial charge >= 0.3 is 5.97 Å². The second-order valence-corrected chi connectivity index (χ2v) is 9.49. The summed E-state index contributed by atoms with van der Waals surface area (Å²) in [7, 11) is 0. The summed E-state index contributed by atoms with van der Waals surface area (Å²) in [5, 5.41) is 12.5. The van der Waals surface area contributed by atoms with Crippen LogP contribution in [0.5, 0.6) is 0 Å². The van der Waals surface area contributed by atoms with Crippen molar-refractivity contribution in [2.24, 2.45) is 17.6 Å². The summed E-state index contributed by atoms with van der Waals surface area (Å²) in [6, 6.07) is 5.94. The maximum atomic E-state index is 13.6. The number of benzene rings is 1. The molecule has 0 bridgehead atoms. The first-order valence-corrected chi connectivity index (χ1v) is 10.9. The molecule has 1 aliphatic rings. The van der Waals surface area contributed by atoms with E-state index in [9.17, 15) is 19.5 Å². The Morgan fingerprint density at radius 3 is 2.66 bits per heavy atom. The first-order chi connectivity index (χ1) is 13.7. The number of likely N-dealkylation sites (tertiary alicyclic amines) is 1. The van der Waals surface area contributed by atoms with Gasteiger partial charge in [-0.1, -0.05) is 35.8 Å². The van der Waals surface area contributed by atoms with E-state index in [-0.39, 0.29) is 18.8 Å². The van der Waals surface area contributed by atoms with Gasteiger partial charge in [0, 0.05) is 21.6 Å². The van der Waals surface area contributed by atoms with Gasteiger partial charge in [-0.15, -0.1) is 11.3 Å². The van der Waals surface area contributed by atoms with E-state index in [1.807, 2.05) is 13.8 Å². The molecule has 2 amide bonds. The van der Waals surface area contributed by atoms with Crippen molar-refractivity contribution < 1.29 is 19.5 Å². The molecule has 1 aliphatic heterocycles. The third kappa shape index (κ3) is 3.93. The van der Waals surface area contributed by atoms with Gasteiger partial charge < -0.3 is 15.7 Å². The predicted octanol–water partition coefficient (Wildman–Crippen LogP) is 3.46. The monoisotopic (exact) mass is 479 g/mol. The van der Waals surface area contributed by atoms with Gasteiger partial charge in [0.2, 0.25) is 5.91 Å². The SMILES string of the molecule is CC(C)CC1(C(=O)O)CC(C(N)=O)C(c2nccs2)N1C(=O)c1cccc(Br)c1. The average Bonchev–Trinajstić information content (AvgIpc) is 3.27. The van der Waals surface area contributed by atoms with Crippen LogP contribution in [0, 0.1) is 11.8 Å². The number of halogens is 1. The second-order valence-electron chi connectivity index (χ2n) is 7.65. The van der Waals surface area contributed by atoms with Crippen molar-refractivity contribution in [1.29, 1.82) is 0 Å². The molecule has 0 radical (unpaired) electrons.